The van der Waals surface area contributed by atoms with Crippen LogP contribution in [0.2, 0.25) is 0 Å². The predicted octanol–water partition coefficient (Wildman–Crippen LogP) is 2.54. The second-order valence-electron chi connectivity index (χ2n) is 5.08. The fraction of sp³-hybridized carbons (Fsp3) is 0.533. The smallest absolute Gasteiger partial charge is 0.125 e. The van der Waals surface area contributed by atoms with Gasteiger partial charge in [0.1, 0.15) is 11.6 Å². The molecule has 1 unspecified atom stereocenters. The average Bonchev–Trinajstić information content (AvgIpc) is 2.80. The second kappa shape index (κ2) is 6.33. The fourth-order valence-electron chi connectivity index (χ4n) is 2.48. The highest BCUT2D eigenvalue weighted by molar-refractivity contribution is 5.76. The molecule has 0 aliphatic carbocycles. The largest absolute Gasteiger partial charge is 0.328 e. The molecule has 20 heavy (non-hydrogen) atoms. The van der Waals surface area contributed by atoms with Crippen molar-refractivity contribution in [1.29, 1.82) is 0 Å². The van der Waals surface area contributed by atoms with Gasteiger partial charge in [0, 0.05) is 18.7 Å². The quantitative estimate of drug-likeness (QED) is 0.883. The summed E-state index contributed by atoms with van der Waals surface area (Å²) >= 11 is 0. The van der Waals surface area contributed by atoms with Crippen LogP contribution in [-0.4, -0.2) is 34.1 Å². The molecule has 5 heteroatoms. The molecule has 0 radical (unpaired) electrons. The number of benzene rings is 1. The molecule has 4 nitrogen and oxygen atoms in total. The minimum atomic E-state index is -0.253. The van der Waals surface area contributed by atoms with Crippen LogP contribution in [-0.2, 0) is 6.54 Å². The molecule has 0 amide bonds. The number of nitrogens with two attached hydrogens (primary N) is 1. The van der Waals surface area contributed by atoms with Crippen LogP contribution < -0.4 is 5.73 Å². The Labute approximate surface area is 119 Å². The zero-order chi connectivity index (χ0) is 14.7. The van der Waals surface area contributed by atoms with Gasteiger partial charge in [-0.25, -0.2) is 9.37 Å². The number of hydrogen-bond donors (Lipinski definition) is 1. The molecular weight excluding hydrogens is 255 g/mol. The number of nitrogens with zero attached hydrogens (tertiary/aromatic N) is 3. The number of rotatable bonds is 6. The predicted molar refractivity (Wildman–Crippen MR) is 80.1 cm³/mol. The van der Waals surface area contributed by atoms with Crippen LogP contribution >= 0.6 is 0 Å². The van der Waals surface area contributed by atoms with Gasteiger partial charge in [-0.1, -0.05) is 13.8 Å². The molecule has 0 aliphatic rings. The summed E-state index contributed by atoms with van der Waals surface area (Å²) in [5, 5.41) is 0. The molecule has 2 aromatic rings. The van der Waals surface area contributed by atoms with E-state index in [4.69, 9.17) is 5.73 Å². The van der Waals surface area contributed by atoms with E-state index in [9.17, 15) is 4.39 Å². The van der Waals surface area contributed by atoms with E-state index >= 15 is 0 Å². The van der Waals surface area contributed by atoms with Gasteiger partial charge in [-0.2, -0.15) is 0 Å². The van der Waals surface area contributed by atoms with Gasteiger partial charge in [0.2, 0.25) is 0 Å². The summed E-state index contributed by atoms with van der Waals surface area (Å²) in [6.45, 7) is 9.54. The van der Waals surface area contributed by atoms with Crippen LogP contribution in [0.3, 0.4) is 0 Å². The van der Waals surface area contributed by atoms with Crippen molar-refractivity contribution in [1.82, 2.24) is 14.5 Å². The van der Waals surface area contributed by atoms with Crippen molar-refractivity contribution in [3.05, 3.63) is 29.8 Å². The van der Waals surface area contributed by atoms with Crippen LogP contribution in [0.25, 0.3) is 11.0 Å². The van der Waals surface area contributed by atoms with E-state index in [0.717, 1.165) is 31.0 Å². The Bertz CT molecular complexity index is 575. The zero-order valence-corrected chi connectivity index (χ0v) is 12.4. The van der Waals surface area contributed by atoms with Crippen LogP contribution in [0.1, 0.15) is 32.6 Å². The Morgan fingerprint density at radius 1 is 1.35 bits per heavy atom. The number of aromatic nitrogens is 2. The monoisotopic (exact) mass is 278 g/mol. The van der Waals surface area contributed by atoms with Gasteiger partial charge < -0.3 is 10.3 Å². The van der Waals surface area contributed by atoms with Crippen molar-refractivity contribution in [3.63, 3.8) is 0 Å². The minimum Gasteiger partial charge on any atom is -0.328 e. The van der Waals surface area contributed by atoms with E-state index in [2.05, 4.69) is 35.2 Å². The number of imidazole rings is 1. The van der Waals surface area contributed by atoms with E-state index in [-0.39, 0.29) is 11.9 Å². The van der Waals surface area contributed by atoms with Gasteiger partial charge in [-0.3, -0.25) is 4.90 Å². The Kier molecular flexibility index (Phi) is 4.73. The summed E-state index contributed by atoms with van der Waals surface area (Å²) in [7, 11) is 0. The third-order valence-corrected chi connectivity index (χ3v) is 3.77. The van der Waals surface area contributed by atoms with E-state index in [1.807, 2.05) is 0 Å². The van der Waals surface area contributed by atoms with Gasteiger partial charge >= 0.3 is 0 Å². The first-order valence-corrected chi connectivity index (χ1v) is 7.19. The Hall–Kier alpha value is -1.46. The first-order chi connectivity index (χ1) is 9.60. The number of fused-ring (bicyclic) bond motifs is 1. The van der Waals surface area contributed by atoms with Crippen molar-refractivity contribution < 1.29 is 4.39 Å². The first-order valence-electron chi connectivity index (χ1n) is 7.19. The maximum absolute atomic E-state index is 13.4. The molecule has 0 saturated carbocycles. The number of hydrogen-bond acceptors (Lipinski definition) is 3. The molecule has 1 aromatic carbocycles. The van der Waals surface area contributed by atoms with Crippen LogP contribution in [0.4, 0.5) is 4.39 Å². The van der Waals surface area contributed by atoms with E-state index in [1.165, 1.54) is 12.1 Å². The topological polar surface area (TPSA) is 47.1 Å². The Balaban J connectivity index is 2.51. The third-order valence-electron chi connectivity index (χ3n) is 3.77. The lowest BCUT2D eigenvalue weighted by Crippen LogP contribution is -2.26. The summed E-state index contributed by atoms with van der Waals surface area (Å²) in [4.78, 5) is 6.89. The highest BCUT2D eigenvalue weighted by atomic mass is 19.1. The molecule has 1 heterocycles. The summed E-state index contributed by atoms with van der Waals surface area (Å²) in [5.74, 6) is 0.698. The van der Waals surface area contributed by atoms with Gasteiger partial charge in [0.05, 0.1) is 17.6 Å². The molecule has 2 rings (SSSR count). The van der Waals surface area contributed by atoms with Crippen LogP contribution in [0.5, 0.6) is 0 Å². The van der Waals surface area contributed by atoms with Gasteiger partial charge in [0.25, 0.3) is 0 Å². The second-order valence-corrected chi connectivity index (χ2v) is 5.08. The lowest BCUT2D eigenvalue weighted by atomic mass is 10.2. The van der Waals surface area contributed by atoms with E-state index < -0.39 is 0 Å². The third kappa shape index (κ3) is 2.83. The van der Waals surface area contributed by atoms with E-state index in [1.54, 1.807) is 6.07 Å². The molecule has 0 aliphatic heterocycles. The molecule has 0 spiro atoms. The molecule has 1 aromatic heterocycles. The summed E-state index contributed by atoms with van der Waals surface area (Å²) in [6, 6.07) is 4.90. The molecule has 0 fully saturated rings. The van der Waals surface area contributed by atoms with E-state index in [0.29, 0.717) is 12.1 Å². The van der Waals surface area contributed by atoms with Crippen LogP contribution in [0, 0.1) is 5.82 Å². The van der Waals surface area contributed by atoms with Gasteiger partial charge in [0.15, 0.2) is 0 Å². The molecule has 2 N–H and O–H groups in total. The molecule has 0 bridgehead atoms. The first kappa shape index (κ1) is 14.9. The summed E-state index contributed by atoms with van der Waals surface area (Å²) in [6.07, 6.45) is 0. The highest BCUT2D eigenvalue weighted by Gasteiger charge is 2.16. The molecule has 110 valence electrons. The zero-order valence-electron chi connectivity index (χ0n) is 12.4. The van der Waals surface area contributed by atoms with Crippen molar-refractivity contribution in [2.45, 2.75) is 33.4 Å². The lowest BCUT2D eigenvalue weighted by Gasteiger charge is -2.21. The minimum absolute atomic E-state index is 0.149. The lowest BCUT2D eigenvalue weighted by molar-refractivity contribution is 0.281. The van der Waals surface area contributed by atoms with Crippen molar-refractivity contribution in [3.8, 4) is 0 Å². The molecular formula is C15H23FN4. The fourth-order valence-corrected chi connectivity index (χ4v) is 2.48. The molecule has 1 atom stereocenters. The van der Waals surface area contributed by atoms with Gasteiger partial charge in [-0.15, -0.1) is 0 Å². The summed E-state index contributed by atoms with van der Waals surface area (Å²) < 4.78 is 15.5. The normalized spacial score (nSPS) is 13.3. The maximum Gasteiger partial charge on any atom is 0.125 e. The highest BCUT2D eigenvalue weighted by Crippen LogP contribution is 2.22. The SMILES string of the molecule is CCN(CC)Cc1nc2cc(F)ccc2n1C(C)CN. The maximum atomic E-state index is 13.4. The van der Waals surface area contributed by atoms with Crippen molar-refractivity contribution in [2.24, 2.45) is 5.73 Å². The average molecular weight is 278 g/mol. The molecule has 0 saturated heterocycles. The summed E-state index contributed by atoms with van der Waals surface area (Å²) in [5.41, 5.74) is 7.46. The Morgan fingerprint density at radius 2 is 2.05 bits per heavy atom. The van der Waals surface area contributed by atoms with Crippen molar-refractivity contribution >= 4 is 11.0 Å². The number of halogens is 1. The van der Waals surface area contributed by atoms with Crippen molar-refractivity contribution in [2.75, 3.05) is 19.6 Å². The Morgan fingerprint density at radius 3 is 2.65 bits per heavy atom. The standard InChI is InChI=1S/C15H23FN4/c1-4-19(5-2)10-15-18-13-8-12(16)6-7-14(13)20(15)11(3)9-17/h6-8,11H,4-5,9-10,17H2,1-3H3. The van der Waals surface area contributed by atoms with Crippen LogP contribution in [0.15, 0.2) is 18.2 Å². The van der Waals surface area contributed by atoms with Gasteiger partial charge in [-0.05, 0) is 32.1 Å².